The van der Waals surface area contributed by atoms with Crippen LogP contribution >= 0.6 is 51.5 Å². The maximum absolute atomic E-state index is 11.1. The normalized spacial score (nSPS) is 24.7. The topological polar surface area (TPSA) is 152 Å². The molecule has 0 fully saturated rings. The molecule has 0 aliphatic rings. The maximum atomic E-state index is 11.1. The second-order valence-corrected chi connectivity index (χ2v) is 16.0. The van der Waals surface area contributed by atoms with Crippen molar-refractivity contribution < 1.29 is 46.4 Å². The van der Waals surface area contributed by atoms with Crippen molar-refractivity contribution in [2.45, 2.75) is 0 Å². The second-order valence-electron chi connectivity index (χ2n) is 2.46. The Morgan fingerprint density at radius 2 is 1.11 bits per heavy atom. The summed E-state index contributed by atoms with van der Waals surface area (Å²) in [6.45, 7) is -1.26. The molecule has 19 heavy (non-hydrogen) atoms. The zero-order valence-electron chi connectivity index (χ0n) is 8.45. The van der Waals surface area contributed by atoms with Crippen LogP contribution in [0.15, 0.2) is 0 Å². The van der Waals surface area contributed by atoms with Crippen LogP contribution in [-0.2, 0) is 50.4 Å². The fraction of sp³-hybridized carbons (Fsp3) is 1.00. The van der Waals surface area contributed by atoms with Crippen molar-refractivity contribution in [2.75, 3.05) is 6.79 Å². The van der Waals surface area contributed by atoms with E-state index in [0.717, 1.165) is 0 Å². The van der Waals surface area contributed by atoms with Gasteiger partial charge < -0.3 is 19.6 Å². The average Bonchev–Trinajstić information content (AvgIpc) is 1.90. The van der Waals surface area contributed by atoms with Crippen LogP contribution in [0.2, 0.25) is 0 Å². The molecule has 0 aromatic heterocycles. The van der Waals surface area contributed by atoms with E-state index in [1.54, 1.807) is 0 Å². The number of phosphoric acid groups is 2. The highest BCUT2D eigenvalue weighted by Gasteiger charge is 2.32. The summed E-state index contributed by atoms with van der Waals surface area (Å²) < 4.78 is 38.3. The summed E-state index contributed by atoms with van der Waals surface area (Å²) in [4.78, 5) is 35.7. The van der Waals surface area contributed by atoms with Gasteiger partial charge in [-0.2, -0.15) is 0 Å². The summed E-state index contributed by atoms with van der Waals surface area (Å²) in [5.74, 6) is 0. The van der Waals surface area contributed by atoms with E-state index in [4.69, 9.17) is 19.6 Å². The van der Waals surface area contributed by atoms with Crippen LogP contribution in [0, 0.1) is 0 Å². The third-order valence-electron chi connectivity index (χ3n) is 0.851. The van der Waals surface area contributed by atoms with E-state index in [9.17, 15) is 9.13 Å². The van der Waals surface area contributed by atoms with E-state index in [-0.39, 0.29) is 0 Å². The van der Waals surface area contributed by atoms with Crippen molar-refractivity contribution in [2.24, 2.45) is 0 Å². The Morgan fingerprint density at radius 3 is 1.32 bits per heavy atom. The fourth-order valence-electron chi connectivity index (χ4n) is 0.473. The van der Waals surface area contributed by atoms with Crippen LogP contribution in [0.4, 0.5) is 0 Å². The Kier molecular flexibility index (Phi) is 8.47. The van der Waals surface area contributed by atoms with Crippen LogP contribution in [0.1, 0.15) is 0 Å². The largest absolute Gasteiger partial charge is 0.480 e. The Morgan fingerprint density at radius 1 is 0.842 bits per heavy atom. The third-order valence-corrected chi connectivity index (χ3v) is 7.58. The highest BCUT2D eigenvalue weighted by molar-refractivity contribution is 8.60. The Hall–Kier alpha value is 2.14. The molecule has 4 N–H and O–H groups in total. The van der Waals surface area contributed by atoms with Gasteiger partial charge in [-0.05, 0) is 23.6 Å². The molecule has 0 rings (SSSR count). The predicted octanol–water partition coefficient (Wildman–Crippen LogP) is 1.50. The van der Waals surface area contributed by atoms with Gasteiger partial charge in [0.2, 0.25) is 0 Å². The van der Waals surface area contributed by atoms with E-state index < -0.39 is 33.8 Å². The zero-order valence-corrected chi connectivity index (χ0v) is 15.4. The van der Waals surface area contributed by atoms with Crippen LogP contribution < -0.4 is 0 Å². The lowest BCUT2D eigenvalue weighted by Crippen LogP contribution is -1.99. The Bertz CT molecular complexity index is 446. The van der Waals surface area contributed by atoms with Crippen molar-refractivity contribution in [3.05, 3.63) is 0 Å². The molecule has 0 aliphatic heterocycles. The number of hydrogen-bond acceptors (Lipinski definition) is 8. The van der Waals surface area contributed by atoms with Gasteiger partial charge in [-0.1, -0.05) is 24.5 Å². The van der Waals surface area contributed by atoms with E-state index in [1.165, 1.54) is 0 Å². The quantitative estimate of drug-likeness (QED) is 0.187. The van der Waals surface area contributed by atoms with E-state index in [1.807, 2.05) is 0 Å². The van der Waals surface area contributed by atoms with Gasteiger partial charge in [-0.3, -0.25) is 9.05 Å². The minimum absolute atomic E-state index is 1.26. The van der Waals surface area contributed by atoms with E-state index in [2.05, 4.69) is 65.8 Å². The van der Waals surface area contributed by atoms with Gasteiger partial charge in [0.05, 0.1) is 0 Å². The summed E-state index contributed by atoms with van der Waals surface area (Å²) >= 11 is 15.0. The highest BCUT2D eigenvalue weighted by atomic mass is 32.9. The van der Waals surface area contributed by atoms with Crippen molar-refractivity contribution in [1.82, 2.24) is 0 Å². The molecule has 4 unspecified atom stereocenters. The maximum Gasteiger partial charge on any atom is 0.480 e. The predicted molar refractivity (Wildman–Crippen MR) is 79.8 cm³/mol. The van der Waals surface area contributed by atoms with Gasteiger partial charge in [0.1, 0.15) is 0 Å². The molecule has 0 aromatic carbocycles. The minimum Gasteiger partial charge on any atom is -0.337 e. The molecule has 0 saturated carbocycles. The van der Waals surface area contributed by atoms with Gasteiger partial charge in [0, 0.05) is 0 Å². The first kappa shape index (κ1) is 21.1. The van der Waals surface area contributed by atoms with E-state index in [0.29, 0.717) is 0 Å². The van der Waals surface area contributed by atoms with Crippen molar-refractivity contribution in [3.63, 3.8) is 0 Å². The monoisotopic (exact) mass is 432 g/mol. The first-order valence-corrected chi connectivity index (χ1v) is 14.2. The average molecular weight is 432 g/mol. The summed E-state index contributed by atoms with van der Waals surface area (Å²) in [7, 11) is -9.69. The molecule has 0 radical (unpaired) electrons. The molecular formula is CH8O10P4S4. The van der Waals surface area contributed by atoms with Crippen LogP contribution in [-0.4, -0.2) is 26.4 Å². The molecule has 0 bridgehead atoms. The van der Waals surface area contributed by atoms with E-state index >= 15 is 0 Å². The number of thiol groups is 2. The molecule has 0 amide bonds. The second kappa shape index (κ2) is 7.61. The van der Waals surface area contributed by atoms with Crippen molar-refractivity contribution >= 4 is 75.1 Å². The molecule has 18 heteroatoms. The van der Waals surface area contributed by atoms with Crippen LogP contribution in [0.3, 0.4) is 0 Å². The molecule has 10 nitrogen and oxygen atoms in total. The lowest BCUT2D eigenvalue weighted by atomic mass is 11.6. The lowest BCUT2D eigenvalue weighted by Gasteiger charge is -2.17. The van der Waals surface area contributed by atoms with Gasteiger partial charge in [-0.25, -0.2) is 17.8 Å². The van der Waals surface area contributed by atoms with Gasteiger partial charge in [0.25, 0.3) is 11.4 Å². The van der Waals surface area contributed by atoms with Gasteiger partial charge >= 0.3 is 15.6 Å². The Balaban J connectivity index is 4.38. The smallest absolute Gasteiger partial charge is 0.337 e. The molecular weight excluding hydrogens is 424 g/mol. The first-order chi connectivity index (χ1) is 8.12. The lowest BCUT2D eigenvalue weighted by molar-refractivity contribution is 0.0636. The summed E-state index contributed by atoms with van der Waals surface area (Å²) in [5, 5.41) is 0. The molecule has 0 spiro atoms. The Labute approximate surface area is 128 Å². The third kappa shape index (κ3) is 13.5. The molecule has 0 aromatic rings. The molecule has 0 heterocycles. The summed E-state index contributed by atoms with van der Waals surface area (Å²) in [6, 6.07) is 0. The highest BCUT2D eigenvalue weighted by Crippen LogP contribution is 2.64. The minimum atomic E-state index is -4.84. The van der Waals surface area contributed by atoms with Gasteiger partial charge in [0.15, 0.2) is 6.79 Å². The number of phosphoric ester groups is 2. The molecule has 4 atom stereocenters. The first-order valence-electron chi connectivity index (χ1n) is 3.60. The fourth-order valence-corrected chi connectivity index (χ4v) is 6.63. The summed E-state index contributed by atoms with van der Waals surface area (Å²) in [6.07, 6.45) is 0. The molecule has 116 valence electrons. The standard InChI is InChI=1S/CH8O10P4S4/c2-12(3,10-14(6,16)17)8-1-9-13(4,5)11-15(7,18)19/h1H2,(H,2,3)(H,4,5)(H2,6,16,17)(H2,7,18,19). The number of hydrogen-bond donors (Lipinski definition) is 6. The summed E-state index contributed by atoms with van der Waals surface area (Å²) in [5.41, 5.74) is -7.59. The number of rotatable bonds is 8. The zero-order chi connectivity index (χ0) is 15.5. The molecule has 0 saturated heterocycles. The van der Waals surface area contributed by atoms with Crippen molar-refractivity contribution in [3.8, 4) is 0 Å². The van der Waals surface area contributed by atoms with Gasteiger partial charge in [-0.15, -0.1) is 0 Å². The van der Waals surface area contributed by atoms with Crippen LogP contribution in [0.25, 0.3) is 0 Å². The van der Waals surface area contributed by atoms with Crippen LogP contribution in [0.5, 0.6) is 0 Å². The van der Waals surface area contributed by atoms with Crippen molar-refractivity contribution in [1.29, 1.82) is 0 Å². The molecule has 0 aliphatic carbocycles. The SMILES string of the molecule is O=P(O)(OCOP(=O)(O)OP(O)(=S)S)OP(O)(=S)S.